The number of para-hydroxylation sites is 1. The van der Waals surface area contributed by atoms with E-state index in [2.05, 4.69) is 22.3 Å². The second-order valence-corrected chi connectivity index (χ2v) is 7.23. The summed E-state index contributed by atoms with van der Waals surface area (Å²) >= 11 is 0. The second kappa shape index (κ2) is 6.90. The number of nitrogens with one attached hydrogen (secondary N) is 1. The number of fused-ring (bicyclic) bond motifs is 1. The van der Waals surface area contributed by atoms with Crippen molar-refractivity contribution >= 4 is 5.91 Å². The molecular weight excluding hydrogens is 314 g/mol. The molecule has 0 bridgehead atoms. The molecule has 3 heterocycles. The minimum Gasteiger partial charge on any atom is -0.493 e. The van der Waals surface area contributed by atoms with Gasteiger partial charge in [-0.1, -0.05) is 18.2 Å². The van der Waals surface area contributed by atoms with Crippen molar-refractivity contribution in [3.8, 4) is 5.75 Å². The lowest BCUT2D eigenvalue weighted by molar-refractivity contribution is -0.133. The standard InChI is InChI=1S/C20H25N3O2/c1-14-11-18(22-21-14)16-5-4-9-23(13-16)20(24)12-15-8-10-25-19-7-3-2-6-17(15)19/h2-3,6-7,11,15-16H,4-5,8-10,12-13H2,1H3,(H,21,22)/t15-,16+/m0/s1. The van der Waals surface area contributed by atoms with Gasteiger partial charge >= 0.3 is 0 Å². The Morgan fingerprint density at radius 3 is 3.08 bits per heavy atom. The van der Waals surface area contributed by atoms with Gasteiger partial charge < -0.3 is 9.64 Å². The number of carbonyl (C=O) groups excluding carboxylic acids is 1. The highest BCUT2D eigenvalue weighted by atomic mass is 16.5. The Labute approximate surface area is 148 Å². The van der Waals surface area contributed by atoms with Crippen LogP contribution in [-0.2, 0) is 4.79 Å². The van der Waals surface area contributed by atoms with Gasteiger partial charge in [-0.2, -0.15) is 5.10 Å². The highest BCUT2D eigenvalue weighted by Crippen LogP contribution is 2.36. The molecule has 4 rings (SSSR count). The fourth-order valence-corrected chi connectivity index (χ4v) is 4.06. The molecule has 0 radical (unpaired) electrons. The first-order valence-electron chi connectivity index (χ1n) is 9.22. The fraction of sp³-hybridized carbons (Fsp3) is 0.500. The number of aromatic nitrogens is 2. The number of piperidine rings is 1. The Morgan fingerprint density at radius 2 is 2.24 bits per heavy atom. The van der Waals surface area contributed by atoms with E-state index >= 15 is 0 Å². The van der Waals surface area contributed by atoms with Crippen LogP contribution in [-0.4, -0.2) is 40.7 Å². The van der Waals surface area contributed by atoms with E-state index in [-0.39, 0.29) is 11.8 Å². The molecule has 2 aliphatic heterocycles. The number of hydrogen-bond acceptors (Lipinski definition) is 3. The molecule has 5 heteroatoms. The summed E-state index contributed by atoms with van der Waals surface area (Å²) in [6.45, 7) is 4.37. The number of rotatable bonds is 3. The average Bonchev–Trinajstić information content (AvgIpc) is 3.09. The van der Waals surface area contributed by atoms with E-state index in [1.807, 2.05) is 30.0 Å². The van der Waals surface area contributed by atoms with Crippen molar-refractivity contribution in [2.45, 2.75) is 44.4 Å². The summed E-state index contributed by atoms with van der Waals surface area (Å²) in [6, 6.07) is 10.2. The maximum absolute atomic E-state index is 12.9. The Balaban J connectivity index is 1.43. The lowest BCUT2D eigenvalue weighted by atomic mass is 9.89. The van der Waals surface area contributed by atoms with Gasteiger partial charge in [0.15, 0.2) is 0 Å². The molecule has 2 aliphatic rings. The number of nitrogens with zero attached hydrogens (tertiary/aromatic N) is 2. The lowest BCUT2D eigenvalue weighted by Gasteiger charge is -2.34. The topological polar surface area (TPSA) is 58.2 Å². The SMILES string of the molecule is Cc1cc([C@@H]2CCCN(C(=O)C[C@@H]3CCOc4ccccc43)C2)n[nH]1. The van der Waals surface area contributed by atoms with Gasteiger partial charge in [0, 0.05) is 31.1 Å². The van der Waals surface area contributed by atoms with Crippen LogP contribution in [0.25, 0.3) is 0 Å². The van der Waals surface area contributed by atoms with Gasteiger partial charge in [-0.05, 0) is 49.8 Å². The summed E-state index contributed by atoms with van der Waals surface area (Å²) in [7, 11) is 0. The molecule has 0 saturated carbocycles. The number of H-pyrrole nitrogens is 1. The van der Waals surface area contributed by atoms with E-state index in [0.717, 1.165) is 49.5 Å². The molecule has 1 aromatic heterocycles. The molecule has 1 amide bonds. The third-order valence-corrected chi connectivity index (χ3v) is 5.42. The van der Waals surface area contributed by atoms with Crippen LogP contribution >= 0.6 is 0 Å². The summed E-state index contributed by atoms with van der Waals surface area (Å²) < 4.78 is 5.72. The largest absolute Gasteiger partial charge is 0.493 e. The number of benzene rings is 1. The molecule has 1 saturated heterocycles. The number of likely N-dealkylation sites (tertiary alicyclic amines) is 1. The molecule has 1 N–H and O–H groups in total. The van der Waals surface area contributed by atoms with E-state index in [1.165, 1.54) is 5.56 Å². The number of ether oxygens (including phenoxy) is 1. The van der Waals surface area contributed by atoms with Crippen molar-refractivity contribution in [3.05, 3.63) is 47.3 Å². The smallest absolute Gasteiger partial charge is 0.223 e. The lowest BCUT2D eigenvalue weighted by Crippen LogP contribution is -2.40. The van der Waals surface area contributed by atoms with E-state index in [0.29, 0.717) is 18.9 Å². The molecule has 0 aliphatic carbocycles. The molecule has 2 aromatic rings. The molecule has 0 unspecified atom stereocenters. The van der Waals surface area contributed by atoms with Gasteiger partial charge in [0.2, 0.25) is 5.91 Å². The summed E-state index contributed by atoms with van der Waals surface area (Å²) in [4.78, 5) is 15.0. The Hall–Kier alpha value is -2.30. The summed E-state index contributed by atoms with van der Waals surface area (Å²) in [6.07, 6.45) is 3.64. The van der Waals surface area contributed by atoms with Gasteiger partial charge in [-0.15, -0.1) is 0 Å². The van der Waals surface area contributed by atoms with Crippen molar-refractivity contribution in [3.63, 3.8) is 0 Å². The van der Waals surface area contributed by atoms with Crippen LogP contribution in [0.2, 0.25) is 0 Å². The van der Waals surface area contributed by atoms with Crippen molar-refractivity contribution in [2.75, 3.05) is 19.7 Å². The summed E-state index contributed by atoms with van der Waals surface area (Å²) in [5, 5.41) is 7.42. The third kappa shape index (κ3) is 3.41. The maximum Gasteiger partial charge on any atom is 0.223 e. The monoisotopic (exact) mass is 339 g/mol. The van der Waals surface area contributed by atoms with Gasteiger partial charge in [-0.3, -0.25) is 9.89 Å². The first-order valence-corrected chi connectivity index (χ1v) is 9.22. The molecule has 1 fully saturated rings. The summed E-state index contributed by atoms with van der Waals surface area (Å²) in [5.41, 5.74) is 3.35. The Bertz CT molecular complexity index is 755. The number of aromatic amines is 1. The predicted molar refractivity (Wildman–Crippen MR) is 95.8 cm³/mol. The van der Waals surface area contributed by atoms with Crippen molar-refractivity contribution in [2.24, 2.45) is 0 Å². The van der Waals surface area contributed by atoms with E-state index in [1.54, 1.807) is 0 Å². The van der Waals surface area contributed by atoms with E-state index < -0.39 is 0 Å². The van der Waals surface area contributed by atoms with Crippen LogP contribution in [0.1, 0.15) is 54.5 Å². The highest BCUT2D eigenvalue weighted by Gasteiger charge is 2.29. The minimum atomic E-state index is 0.263. The number of amides is 1. The van der Waals surface area contributed by atoms with E-state index in [9.17, 15) is 4.79 Å². The molecule has 25 heavy (non-hydrogen) atoms. The molecule has 2 atom stereocenters. The molecular formula is C20H25N3O2. The number of carbonyl (C=O) groups is 1. The Morgan fingerprint density at radius 1 is 1.36 bits per heavy atom. The number of hydrogen-bond donors (Lipinski definition) is 1. The van der Waals surface area contributed by atoms with Crippen molar-refractivity contribution in [1.82, 2.24) is 15.1 Å². The molecule has 5 nitrogen and oxygen atoms in total. The minimum absolute atomic E-state index is 0.263. The van der Waals surface area contributed by atoms with Gasteiger partial charge in [0.25, 0.3) is 0 Å². The first kappa shape index (κ1) is 16.2. The third-order valence-electron chi connectivity index (χ3n) is 5.42. The van der Waals surface area contributed by atoms with Crippen molar-refractivity contribution < 1.29 is 9.53 Å². The van der Waals surface area contributed by atoms with E-state index in [4.69, 9.17) is 4.74 Å². The number of aryl methyl sites for hydroxylation is 1. The zero-order valence-electron chi connectivity index (χ0n) is 14.7. The first-order chi connectivity index (χ1) is 12.2. The van der Waals surface area contributed by atoms with Crippen LogP contribution in [0.15, 0.2) is 30.3 Å². The van der Waals surface area contributed by atoms with Gasteiger partial charge in [0.05, 0.1) is 12.3 Å². The maximum atomic E-state index is 12.9. The zero-order chi connectivity index (χ0) is 17.2. The fourth-order valence-electron chi connectivity index (χ4n) is 4.06. The molecule has 132 valence electrons. The van der Waals surface area contributed by atoms with Crippen LogP contribution < -0.4 is 4.74 Å². The van der Waals surface area contributed by atoms with Crippen LogP contribution in [0.5, 0.6) is 5.75 Å². The van der Waals surface area contributed by atoms with Gasteiger partial charge in [0.1, 0.15) is 5.75 Å². The van der Waals surface area contributed by atoms with Crippen LogP contribution in [0, 0.1) is 6.92 Å². The summed E-state index contributed by atoms with van der Waals surface area (Å²) in [5.74, 6) is 1.82. The predicted octanol–water partition coefficient (Wildman–Crippen LogP) is 3.38. The molecule has 0 spiro atoms. The zero-order valence-corrected chi connectivity index (χ0v) is 14.7. The van der Waals surface area contributed by atoms with Crippen LogP contribution in [0.4, 0.5) is 0 Å². The Kier molecular flexibility index (Phi) is 4.47. The molecule has 1 aromatic carbocycles. The van der Waals surface area contributed by atoms with Crippen molar-refractivity contribution in [1.29, 1.82) is 0 Å². The highest BCUT2D eigenvalue weighted by molar-refractivity contribution is 5.77. The van der Waals surface area contributed by atoms with Gasteiger partial charge in [-0.25, -0.2) is 0 Å². The quantitative estimate of drug-likeness (QED) is 0.932. The van der Waals surface area contributed by atoms with Crippen LogP contribution in [0.3, 0.4) is 0 Å². The second-order valence-electron chi connectivity index (χ2n) is 7.23. The average molecular weight is 339 g/mol. The normalized spacial score (nSPS) is 23.0.